The number of benzene rings is 1. The number of aromatic hydroxyl groups is 2. The van der Waals surface area contributed by atoms with Crippen LogP contribution >= 0.6 is 12.2 Å². The van der Waals surface area contributed by atoms with Gasteiger partial charge in [0.15, 0.2) is 16.6 Å². The number of phenolic OH excluding ortho intramolecular Hbond substituents is 2. The van der Waals surface area contributed by atoms with E-state index in [1.807, 2.05) is 0 Å². The van der Waals surface area contributed by atoms with Gasteiger partial charge in [-0.3, -0.25) is 9.69 Å². The maximum Gasteiger partial charge on any atom is 0.408 e. The Morgan fingerprint density at radius 2 is 1.67 bits per heavy atom. The minimum Gasteiger partial charge on any atom is -0.504 e. The summed E-state index contributed by atoms with van der Waals surface area (Å²) in [6, 6.07) is 3.09. The van der Waals surface area contributed by atoms with Crippen molar-refractivity contribution in [2.75, 3.05) is 19.6 Å². The highest BCUT2D eigenvalue weighted by Gasteiger charge is 2.30. The summed E-state index contributed by atoms with van der Waals surface area (Å²) in [5.74, 6) is -3.21. The Morgan fingerprint density at radius 3 is 2.23 bits per heavy atom. The molecule has 30 heavy (non-hydrogen) atoms. The summed E-state index contributed by atoms with van der Waals surface area (Å²) in [6.45, 7) is 0.00142. The fraction of sp³-hybridized carbons (Fsp3) is 0.444. The highest BCUT2D eigenvalue weighted by molar-refractivity contribution is 7.80. The van der Waals surface area contributed by atoms with Crippen molar-refractivity contribution >= 4 is 35.4 Å². The highest BCUT2D eigenvalue weighted by atomic mass is 32.1. The van der Waals surface area contributed by atoms with Gasteiger partial charge in [0.25, 0.3) is 0 Å². The van der Waals surface area contributed by atoms with Gasteiger partial charge in [0.05, 0.1) is 0 Å². The van der Waals surface area contributed by atoms with E-state index in [1.54, 1.807) is 6.07 Å². The van der Waals surface area contributed by atoms with Crippen LogP contribution < -0.4 is 10.6 Å². The molecule has 0 bridgehead atoms. The number of thiocarbonyl (C=S) groups is 1. The second-order valence-corrected chi connectivity index (χ2v) is 6.82. The zero-order valence-corrected chi connectivity index (χ0v) is 16.9. The Balaban J connectivity index is 2.31. The molecule has 1 unspecified atom stereocenters. The number of nitrogens with zero attached hydrogens (tertiary/aromatic N) is 1. The van der Waals surface area contributed by atoms with Crippen molar-refractivity contribution in [3.8, 4) is 11.5 Å². The number of rotatable bonds is 12. The average Bonchev–Trinajstić information content (AvgIpc) is 2.65. The third kappa shape index (κ3) is 8.82. The number of unbranched alkanes of at least 4 members (excludes halogenated alkanes) is 1. The molecule has 0 saturated carbocycles. The van der Waals surface area contributed by atoms with Crippen LogP contribution in [-0.2, 0) is 16.0 Å². The average molecular weight is 443 g/mol. The van der Waals surface area contributed by atoms with Gasteiger partial charge in [0, 0.05) is 13.1 Å². The van der Waals surface area contributed by atoms with E-state index in [-0.39, 0.29) is 17.9 Å². The van der Waals surface area contributed by atoms with Gasteiger partial charge >= 0.3 is 18.0 Å². The summed E-state index contributed by atoms with van der Waals surface area (Å²) in [4.78, 5) is 33.6. The molecule has 1 rings (SSSR count). The number of carboxylic acid groups (broad SMARTS) is 3. The summed E-state index contributed by atoms with van der Waals surface area (Å²) in [5.41, 5.74) is 0.810. The molecule has 0 aliphatic carbocycles. The third-order valence-electron chi connectivity index (χ3n) is 4.14. The number of phenols is 2. The topological polar surface area (TPSA) is 180 Å². The van der Waals surface area contributed by atoms with Gasteiger partial charge in [-0.15, -0.1) is 0 Å². The second-order valence-electron chi connectivity index (χ2n) is 6.41. The number of aliphatic carboxylic acids is 2. The van der Waals surface area contributed by atoms with Gasteiger partial charge < -0.3 is 36.2 Å². The minimum absolute atomic E-state index is 0.0267. The van der Waals surface area contributed by atoms with Gasteiger partial charge in [-0.05, 0) is 55.6 Å². The molecule has 1 atom stereocenters. The first-order chi connectivity index (χ1) is 14.1. The molecule has 0 fully saturated rings. The van der Waals surface area contributed by atoms with E-state index in [0.717, 1.165) is 5.56 Å². The van der Waals surface area contributed by atoms with Crippen molar-refractivity contribution in [3.05, 3.63) is 23.8 Å². The number of hydrogen-bond acceptors (Lipinski definition) is 6. The number of nitrogens with one attached hydrogen (secondary N) is 2. The molecule has 12 heteroatoms. The monoisotopic (exact) mass is 443 g/mol. The Morgan fingerprint density at radius 1 is 1.00 bits per heavy atom. The molecule has 0 aliphatic rings. The van der Waals surface area contributed by atoms with Gasteiger partial charge in [-0.2, -0.15) is 0 Å². The van der Waals surface area contributed by atoms with Crippen molar-refractivity contribution in [1.29, 1.82) is 0 Å². The van der Waals surface area contributed by atoms with E-state index in [2.05, 4.69) is 10.6 Å². The molecular weight excluding hydrogens is 418 g/mol. The van der Waals surface area contributed by atoms with Crippen LogP contribution in [0.1, 0.15) is 24.8 Å². The molecule has 1 aromatic carbocycles. The van der Waals surface area contributed by atoms with Crippen LogP contribution in [-0.4, -0.2) is 79.3 Å². The van der Waals surface area contributed by atoms with E-state index < -0.39 is 30.6 Å². The van der Waals surface area contributed by atoms with Crippen LogP contribution in [0.5, 0.6) is 11.5 Å². The number of carboxylic acids is 2. The number of amides is 1. The maximum atomic E-state index is 11.3. The first-order valence-electron chi connectivity index (χ1n) is 9.08. The van der Waals surface area contributed by atoms with Gasteiger partial charge in [0.1, 0.15) is 12.6 Å². The Labute approximate surface area is 177 Å². The molecule has 0 heterocycles. The number of carbonyl (C=O) groups is 3. The van der Waals surface area contributed by atoms with Crippen molar-refractivity contribution in [3.63, 3.8) is 0 Å². The van der Waals surface area contributed by atoms with Crippen LogP contribution in [0.2, 0.25) is 0 Å². The minimum atomic E-state index is -1.60. The summed E-state index contributed by atoms with van der Waals surface area (Å²) >= 11 is 5.12. The molecule has 0 aromatic heterocycles. The lowest BCUT2D eigenvalue weighted by Crippen LogP contribution is -2.47. The van der Waals surface area contributed by atoms with Crippen molar-refractivity contribution in [1.82, 2.24) is 15.5 Å². The van der Waals surface area contributed by atoms with Gasteiger partial charge in [-0.1, -0.05) is 6.07 Å². The first kappa shape index (κ1) is 24.8. The lowest BCUT2D eigenvalue weighted by molar-refractivity contribution is -0.145. The van der Waals surface area contributed by atoms with Gasteiger partial charge in [-0.25, -0.2) is 9.59 Å². The van der Waals surface area contributed by atoms with Crippen LogP contribution in [0, 0.1) is 0 Å². The van der Waals surface area contributed by atoms with Crippen LogP contribution in [0.4, 0.5) is 4.79 Å². The third-order valence-corrected chi connectivity index (χ3v) is 4.43. The Bertz CT molecular complexity index is 774. The van der Waals surface area contributed by atoms with Gasteiger partial charge in [0.2, 0.25) is 0 Å². The van der Waals surface area contributed by atoms with Crippen molar-refractivity contribution in [2.45, 2.75) is 31.7 Å². The fourth-order valence-corrected chi connectivity index (χ4v) is 2.85. The molecule has 7 N–H and O–H groups in total. The lowest BCUT2D eigenvalue weighted by Gasteiger charge is -2.24. The summed E-state index contributed by atoms with van der Waals surface area (Å²) in [7, 11) is 0. The largest absolute Gasteiger partial charge is 0.504 e. The van der Waals surface area contributed by atoms with E-state index in [4.69, 9.17) is 22.4 Å². The zero-order chi connectivity index (χ0) is 22.7. The van der Waals surface area contributed by atoms with Crippen LogP contribution in [0.3, 0.4) is 0 Å². The lowest BCUT2D eigenvalue weighted by atomic mass is 10.1. The Hall–Kier alpha value is -3.28. The molecule has 11 nitrogen and oxygen atoms in total. The van der Waals surface area contributed by atoms with E-state index in [0.29, 0.717) is 42.4 Å². The normalized spacial score (nSPS) is 11.3. The molecule has 0 aliphatic heterocycles. The quantitative estimate of drug-likeness (QED) is 0.138. The SMILES string of the molecule is O=C(O)CN(C(=O)O)C(CCCCNC(=S)NCCc1ccc(O)c(O)c1)C(=O)O. The number of hydrogen-bond donors (Lipinski definition) is 7. The van der Waals surface area contributed by atoms with Crippen molar-refractivity contribution < 1.29 is 39.9 Å². The molecule has 1 aromatic rings. The van der Waals surface area contributed by atoms with E-state index in [9.17, 15) is 29.7 Å². The zero-order valence-electron chi connectivity index (χ0n) is 16.1. The summed E-state index contributed by atoms with van der Waals surface area (Å²) in [6.07, 6.45) is -0.220. The van der Waals surface area contributed by atoms with E-state index in [1.165, 1.54) is 12.1 Å². The molecular formula is C18H25N3O8S. The molecule has 0 spiro atoms. The predicted molar refractivity (Wildman–Crippen MR) is 110 cm³/mol. The maximum absolute atomic E-state index is 11.3. The highest BCUT2D eigenvalue weighted by Crippen LogP contribution is 2.24. The molecule has 166 valence electrons. The molecule has 0 saturated heterocycles. The van der Waals surface area contributed by atoms with Crippen LogP contribution in [0.15, 0.2) is 18.2 Å². The Kier molecular flexibility index (Phi) is 10.2. The summed E-state index contributed by atoms with van der Waals surface area (Å²) < 4.78 is 0. The first-order valence-corrected chi connectivity index (χ1v) is 9.49. The molecule has 0 radical (unpaired) electrons. The fourth-order valence-electron chi connectivity index (χ4n) is 2.64. The standard InChI is InChI=1S/C18H25N3O8S/c22-13-5-4-11(9-14(13)23)6-8-20-17(30)19-7-2-1-3-12(16(26)27)21(18(28)29)10-15(24)25/h4-5,9,12,22-23H,1-3,6-8,10H2,(H,24,25)(H,26,27)(H,28,29)(H2,19,20,30). The molecule has 1 amide bonds. The van der Waals surface area contributed by atoms with Crippen molar-refractivity contribution in [2.24, 2.45) is 0 Å². The van der Waals surface area contributed by atoms with Crippen LogP contribution in [0.25, 0.3) is 0 Å². The predicted octanol–water partition coefficient (Wildman–Crippen LogP) is 0.793. The second kappa shape index (κ2) is 12.3. The van der Waals surface area contributed by atoms with E-state index >= 15 is 0 Å². The summed E-state index contributed by atoms with van der Waals surface area (Å²) in [5, 5.41) is 52.0. The smallest absolute Gasteiger partial charge is 0.408 e.